The molecule has 6 rings (SSSR count). The molecule has 3 saturated carbocycles. The van der Waals surface area contributed by atoms with E-state index in [4.69, 9.17) is 15.2 Å². The van der Waals surface area contributed by atoms with Crippen molar-refractivity contribution in [2.45, 2.75) is 132 Å². The number of carboxylic acid groups (broad SMARTS) is 1. The Kier molecular flexibility index (Phi) is 9.21. The van der Waals surface area contributed by atoms with Crippen LogP contribution in [0.3, 0.4) is 0 Å². The number of anilines is 1. The zero-order chi connectivity index (χ0) is 35.9. The van der Waals surface area contributed by atoms with Crippen LogP contribution in [0.25, 0.3) is 0 Å². The van der Waals surface area contributed by atoms with Gasteiger partial charge in [0.1, 0.15) is 6.04 Å². The number of nitrogen functional groups attached to an aromatic ring is 1. The van der Waals surface area contributed by atoms with E-state index in [1.54, 1.807) is 4.80 Å². The maximum atomic E-state index is 13.5. The molecule has 1 aromatic rings. The summed E-state index contributed by atoms with van der Waals surface area (Å²) in [5.74, 6) is 0.892. The number of hydrogen-bond acceptors (Lipinski definition) is 8. The van der Waals surface area contributed by atoms with E-state index in [0.717, 1.165) is 45.1 Å². The van der Waals surface area contributed by atoms with Crippen LogP contribution in [0.15, 0.2) is 11.6 Å². The van der Waals surface area contributed by atoms with Crippen molar-refractivity contribution in [3.05, 3.63) is 11.6 Å². The quantitative estimate of drug-likeness (QED) is 0.228. The van der Waals surface area contributed by atoms with Gasteiger partial charge in [-0.3, -0.25) is 4.79 Å². The van der Waals surface area contributed by atoms with Gasteiger partial charge in [-0.1, -0.05) is 86.0 Å². The van der Waals surface area contributed by atoms with Gasteiger partial charge < -0.3 is 25.6 Å². The van der Waals surface area contributed by atoms with Crippen LogP contribution in [0.1, 0.15) is 121 Å². The maximum absolute atomic E-state index is 13.5. The van der Waals surface area contributed by atoms with Crippen LogP contribution < -0.4 is 11.1 Å². The van der Waals surface area contributed by atoms with Crippen molar-refractivity contribution in [3.63, 3.8) is 0 Å². The van der Waals surface area contributed by atoms with Crippen LogP contribution in [0.4, 0.5) is 5.95 Å². The van der Waals surface area contributed by atoms with Crippen LogP contribution in [-0.4, -0.2) is 69.3 Å². The molecule has 49 heavy (non-hydrogen) atoms. The summed E-state index contributed by atoms with van der Waals surface area (Å²) < 4.78 is 13.9. The Bertz CT molecular complexity index is 1450. The number of carboxylic acids is 1. The summed E-state index contributed by atoms with van der Waals surface area (Å²) in [4.78, 5) is 15.2. The van der Waals surface area contributed by atoms with Gasteiger partial charge in [0.05, 0.1) is 31.8 Å². The highest BCUT2D eigenvalue weighted by Crippen LogP contribution is 2.75. The van der Waals surface area contributed by atoms with Crippen molar-refractivity contribution in [3.8, 4) is 0 Å². The highest BCUT2D eigenvalue weighted by Gasteiger charge is 2.72. The van der Waals surface area contributed by atoms with Gasteiger partial charge in [0, 0.05) is 16.4 Å². The van der Waals surface area contributed by atoms with Crippen LogP contribution in [0.2, 0.25) is 0 Å². The van der Waals surface area contributed by atoms with E-state index in [9.17, 15) is 9.90 Å². The minimum Gasteiger partial charge on any atom is -0.481 e. The number of likely N-dealkylation sites (N-methyl/N-ethyl adjacent to an activating group) is 1. The molecule has 4 aliphatic carbocycles. The molecule has 5 aliphatic rings. The molecule has 0 amide bonds. The smallest absolute Gasteiger partial charge is 0.307 e. The van der Waals surface area contributed by atoms with E-state index in [2.05, 4.69) is 103 Å². The maximum Gasteiger partial charge on any atom is 0.307 e. The van der Waals surface area contributed by atoms with E-state index in [1.807, 2.05) is 0 Å². The van der Waals surface area contributed by atoms with E-state index in [-0.39, 0.29) is 50.7 Å². The van der Waals surface area contributed by atoms with Crippen molar-refractivity contribution >= 4 is 11.9 Å². The average molecular weight is 683 g/mol. The number of nitrogens with two attached hydrogens (primary N) is 1. The summed E-state index contributed by atoms with van der Waals surface area (Å²) >= 11 is 0. The van der Waals surface area contributed by atoms with E-state index in [1.165, 1.54) is 5.57 Å². The molecule has 0 radical (unpaired) electrons. The number of nitrogens with zero attached hydrogens (tertiary/aromatic N) is 4. The van der Waals surface area contributed by atoms with Crippen LogP contribution in [0.5, 0.6) is 0 Å². The third-order valence-corrected chi connectivity index (χ3v) is 16.2. The summed E-state index contributed by atoms with van der Waals surface area (Å²) in [5, 5.41) is 28.0. The molecular formula is C39H66N6O4. The Morgan fingerprint density at radius 3 is 2.45 bits per heavy atom. The lowest BCUT2D eigenvalue weighted by Crippen LogP contribution is -2.69. The molecule has 10 nitrogen and oxygen atoms in total. The molecule has 276 valence electrons. The van der Waals surface area contributed by atoms with Crippen molar-refractivity contribution in [2.24, 2.45) is 62.6 Å². The summed E-state index contributed by atoms with van der Waals surface area (Å²) in [7, 11) is 0. The second-order valence-corrected chi connectivity index (χ2v) is 18.9. The first-order valence-electron chi connectivity index (χ1n) is 19.3. The van der Waals surface area contributed by atoms with Crippen LogP contribution in [0, 0.1) is 62.6 Å². The lowest BCUT2D eigenvalue weighted by molar-refractivity contribution is -0.254. The minimum atomic E-state index is -0.626. The van der Waals surface area contributed by atoms with Gasteiger partial charge >= 0.3 is 5.97 Å². The molecule has 12 atom stereocenters. The third kappa shape index (κ3) is 5.18. The molecule has 1 aromatic heterocycles. The molecule has 10 heteroatoms. The van der Waals surface area contributed by atoms with Crippen molar-refractivity contribution in [1.82, 2.24) is 25.5 Å². The molecule has 1 saturated heterocycles. The Morgan fingerprint density at radius 2 is 1.86 bits per heavy atom. The predicted molar refractivity (Wildman–Crippen MR) is 191 cm³/mol. The lowest BCUT2D eigenvalue weighted by Gasteiger charge is -2.71. The fraction of sp³-hybridized carbons (Fsp3) is 0.897. The first-order chi connectivity index (χ1) is 22.8. The van der Waals surface area contributed by atoms with E-state index in [0.29, 0.717) is 49.4 Å². The zero-order valence-corrected chi connectivity index (χ0v) is 32.3. The standard InChI is InChI=1S/C39H66N6O4/c1-12-41-38(11,24(4)5)21-49-31-28(45-43-33(40)42-44-45)19-39-22-48-20-35(31,8)29(39)14-13-26-27(39)15-16-37(10)30(32(46)47)34(7,25(6)23(2)3)17-18-36(26,37)9/h15,23-26,28-31,41H,12-14,16-22H2,1-11H3,(H2,40,43)(H,46,47)/t25-,26+,28-,29+,30-,31+,34-,35-,36-,37+,38-,39+/m1/s1. The van der Waals surface area contributed by atoms with Gasteiger partial charge in [0.2, 0.25) is 0 Å². The van der Waals surface area contributed by atoms with Crippen LogP contribution in [-0.2, 0) is 14.3 Å². The van der Waals surface area contributed by atoms with Crippen molar-refractivity contribution < 1.29 is 19.4 Å². The number of allylic oxidation sites excluding steroid dienone is 1. The molecule has 2 bridgehead atoms. The number of rotatable bonds is 10. The normalized spacial score (nSPS) is 43.6. The Balaban J connectivity index is 1.43. The molecule has 0 aromatic carbocycles. The first kappa shape index (κ1) is 36.7. The number of aromatic nitrogens is 4. The van der Waals surface area contributed by atoms with Gasteiger partial charge in [-0.25, -0.2) is 0 Å². The molecule has 4 N–H and O–H groups in total. The third-order valence-electron chi connectivity index (χ3n) is 16.2. The Morgan fingerprint density at radius 1 is 1.14 bits per heavy atom. The SMILES string of the molecule is CCN[C@](C)(CO[C@H]1[C@H](n2nnc(N)n2)C[C@@]23COC[C@]1(C)[C@@H]2CC[C@H]1C3=CC[C@@]2(C)[C@H](C(=O)O)[C@@](C)([C@H](C)C(C)C)CC[C@]12C)C(C)C. The zero-order valence-electron chi connectivity index (χ0n) is 32.3. The van der Waals surface area contributed by atoms with E-state index >= 15 is 0 Å². The Hall–Kier alpha value is -2.04. The average Bonchev–Trinajstić information content (AvgIpc) is 3.46. The monoisotopic (exact) mass is 683 g/mol. The van der Waals surface area contributed by atoms with Gasteiger partial charge in [-0.2, -0.15) is 4.80 Å². The lowest BCUT2D eigenvalue weighted by atomic mass is 9.34. The number of hydrogen-bond donors (Lipinski definition) is 3. The van der Waals surface area contributed by atoms with Gasteiger partial charge in [0.15, 0.2) is 0 Å². The van der Waals surface area contributed by atoms with Crippen molar-refractivity contribution in [2.75, 3.05) is 32.1 Å². The number of carbonyl (C=O) groups is 1. The number of aliphatic carboxylic acids is 1. The van der Waals surface area contributed by atoms with Gasteiger partial charge in [-0.05, 0) is 103 Å². The molecule has 2 heterocycles. The number of tetrazole rings is 1. The highest BCUT2D eigenvalue weighted by molar-refractivity contribution is 5.73. The number of fused-ring (bicyclic) bond motifs is 3. The highest BCUT2D eigenvalue weighted by atomic mass is 16.5. The first-order valence-corrected chi connectivity index (χ1v) is 19.3. The summed E-state index contributed by atoms with van der Waals surface area (Å²) in [6.45, 7) is 27.8. The molecular weight excluding hydrogens is 616 g/mol. The number of nitrogens with one attached hydrogen (secondary N) is 1. The summed E-state index contributed by atoms with van der Waals surface area (Å²) in [6.07, 6.45) is 7.97. The largest absolute Gasteiger partial charge is 0.481 e. The minimum absolute atomic E-state index is 0.145. The van der Waals surface area contributed by atoms with E-state index < -0.39 is 11.9 Å². The number of ether oxygens (including phenoxy) is 2. The predicted octanol–water partition coefficient (Wildman–Crippen LogP) is 6.79. The molecule has 0 spiro atoms. The Labute approximate surface area is 295 Å². The van der Waals surface area contributed by atoms with Gasteiger partial charge in [0.25, 0.3) is 5.95 Å². The van der Waals surface area contributed by atoms with Crippen LogP contribution >= 0.6 is 0 Å². The molecule has 4 fully saturated rings. The second kappa shape index (κ2) is 12.3. The topological polar surface area (TPSA) is 137 Å². The summed E-state index contributed by atoms with van der Waals surface area (Å²) in [5.41, 5.74) is 6.12. The van der Waals surface area contributed by atoms with Gasteiger partial charge in [-0.15, -0.1) is 5.10 Å². The fourth-order valence-electron chi connectivity index (χ4n) is 12.6. The second-order valence-electron chi connectivity index (χ2n) is 18.9. The molecule has 0 unspecified atom stereocenters. The van der Waals surface area contributed by atoms with Crippen molar-refractivity contribution in [1.29, 1.82) is 0 Å². The molecule has 1 aliphatic heterocycles. The summed E-state index contributed by atoms with van der Waals surface area (Å²) in [6, 6.07) is -0.165. The fourth-order valence-corrected chi connectivity index (χ4v) is 12.6.